The summed E-state index contributed by atoms with van der Waals surface area (Å²) in [4.78, 5) is 23.1. The van der Waals surface area contributed by atoms with Crippen LogP contribution in [0.5, 0.6) is 0 Å². The van der Waals surface area contributed by atoms with Gasteiger partial charge in [-0.15, -0.1) is 12.4 Å². The number of rotatable bonds is 6. The van der Waals surface area contributed by atoms with Crippen LogP contribution in [0.3, 0.4) is 0 Å². The van der Waals surface area contributed by atoms with Crippen molar-refractivity contribution in [3.63, 3.8) is 0 Å². The average Bonchev–Trinajstić information content (AvgIpc) is 2.36. The maximum atomic E-state index is 11.7. The maximum absolute atomic E-state index is 11.7. The Bertz CT molecular complexity index is 472. The highest BCUT2D eigenvalue weighted by Gasteiger charge is 2.24. The molecule has 0 bridgehead atoms. The smallest absolute Gasteiger partial charge is 0.225 e. The number of hydrogen-bond acceptors (Lipinski definition) is 3. The Morgan fingerprint density at radius 1 is 1.24 bits per heavy atom. The number of carbonyl (C=O) groups excluding carboxylic acids is 2. The topological polar surface area (TPSA) is 70.2 Å². The van der Waals surface area contributed by atoms with Crippen LogP contribution in [-0.4, -0.2) is 24.9 Å². The van der Waals surface area contributed by atoms with Crippen molar-refractivity contribution in [2.75, 3.05) is 18.4 Å². The summed E-state index contributed by atoms with van der Waals surface area (Å²) in [6.45, 7) is 4.05. The lowest BCUT2D eigenvalue weighted by molar-refractivity contribution is -0.126. The van der Waals surface area contributed by atoms with Crippen LogP contribution in [0, 0.1) is 5.92 Å². The summed E-state index contributed by atoms with van der Waals surface area (Å²) < 4.78 is 0. The quantitative estimate of drug-likeness (QED) is 0.748. The van der Waals surface area contributed by atoms with Gasteiger partial charge in [0, 0.05) is 31.7 Å². The van der Waals surface area contributed by atoms with Gasteiger partial charge >= 0.3 is 0 Å². The number of nitrogens with one attached hydrogen (secondary N) is 3. The molecule has 5 nitrogen and oxygen atoms in total. The summed E-state index contributed by atoms with van der Waals surface area (Å²) in [5.41, 5.74) is 1.82. The van der Waals surface area contributed by atoms with E-state index >= 15 is 0 Å². The molecule has 1 aromatic rings. The lowest BCUT2D eigenvalue weighted by Gasteiger charge is -2.25. The predicted octanol–water partition coefficient (Wildman–Crippen LogP) is 1.68. The highest BCUT2D eigenvalue weighted by molar-refractivity contribution is 5.90. The minimum Gasteiger partial charge on any atom is -0.352 e. The van der Waals surface area contributed by atoms with Crippen molar-refractivity contribution >= 4 is 29.9 Å². The molecule has 116 valence electrons. The fourth-order valence-electron chi connectivity index (χ4n) is 1.96. The van der Waals surface area contributed by atoms with Crippen LogP contribution in [0.15, 0.2) is 24.3 Å². The zero-order valence-corrected chi connectivity index (χ0v) is 13.0. The highest BCUT2D eigenvalue weighted by atomic mass is 35.5. The first-order valence-corrected chi connectivity index (χ1v) is 7.06. The lowest BCUT2D eigenvalue weighted by atomic mass is 10.0. The van der Waals surface area contributed by atoms with Gasteiger partial charge in [0.1, 0.15) is 0 Å². The summed E-state index contributed by atoms with van der Waals surface area (Å²) in [6, 6.07) is 7.56. The first kappa shape index (κ1) is 17.5. The molecule has 0 radical (unpaired) electrons. The van der Waals surface area contributed by atoms with Crippen molar-refractivity contribution in [3.8, 4) is 0 Å². The van der Waals surface area contributed by atoms with Crippen LogP contribution < -0.4 is 16.0 Å². The molecule has 1 saturated heterocycles. The van der Waals surface area contributed by atoms with Gasteiger partial charge in [0.15, 0.2) is 0 Å². The van der Waals surface area contributed by atoms with Crippen LogP contribution >= 0.6 is 12.4 Å². The molecule has 1 heterocycles. The van der Waals surface area contributed by atoms with E-state index in [1.54, 1.807) is 0 Å². The number of benzene rings is 1. The lowest BCUT2D eigenvalue weighted by Crippen LogP contribution is -2.50. The third-order valence-electron chi connectivity index (χ3n) is 3.33. The molecule has 21 heavy (non-hydrogen) atoms. The Balaban J connectivity index is 0.00000220. The standard InChI is InChI=1S/C15H21N3O2.ClH/c1-2-3-14(19)18-13-6-4-11(5-7-13)8-17-15(20)12-9-16-10-12;/h4-7,12,16H,2-3,8-10H2,1H3,(H,17,20)(H,18,19);1H. The van der Waals surface area contributed by atoms with E-state index in [1.165, 1.54) is 0 Å². The first-order chi connectivity index (χ1) is 9.69. The number of halogens is 1. The molecule has 2 rings (SSSR count). The van der Waals surface area contributed by atoms with Crippen molar-refractivity contribution in [2.45, 2.75) is 26.3 Å². The molecule has 0 saturated carbocycles. The summed E-state index contributed by atoms with van der Waals surface area (Å²) in [5, 5.41) is 8.83. The third-order valence-corrected chi connectivity index (χ3v) is 3.33. The Morgan fingerprint density at radius 2 is 1.90 bits per heavy atom. The SMILES string of the molecule is CCCC(=O)Nc1ccc(CNC(=O)C2CNC2)cc1.Cl. The normalized spacial score (nSPS) is 13.8. The number of amides is 2. The molecule has 0 atom stereocenters. The Morgan fingerprint density at radius 3 is 2.43 bits per heavy atom. The van der Waals surface area contributed by atoms with E-state index in [0.29, 0.717) is 13.0 Å². The van der Waals surface area contributed by atoms with E-state index in [-0.39, 0.29) is 30.1 Å². The first-order valence-electron chi connectivity index (χ1n) is 7.06. The van der Waals surface area contributed by atoms with Crippen LogP contribution in [0.25, 0.3) is 0 Å². The van der Waals surface area contributed by atoms with Crippen molar-refractivity contribution in [2.24, 2.45) is 5.92 Å². The Hall–Kier alpha value is -1.59. The largest absolute Gasteiger partial charge is 0.352 e. The minimum absolute atomic E-state index is 0. The molecule has 1 aromatic carbocycles. The van der Waals surface area contributed by atoms with Crippen molar-refractivity contribution in [1.29, 1.82) is 0 Å². The van der Waals surface area contributed by atoms with Crippen molar-refractivity contribution in [3.05, 3.63) is 29.8 Å². The third kappa shape index (κ3) is 5.36. The zero-order chi connectivity index (χ0) is 14.4. The highest BCUT2D eigenvalue weighted by Crippen LogP contribution is 2.11. The van der Waals surface area contributed by atoms with Gasteiger partial charge in [-0.25, -0.2) is 0 Å². The second kappa shape index (κ2) is 8.64. The van der Waals surface area contributed by atoms with Crippen molar-refractivity contribution < 1.29 is 9.59 Å². The molecule has 1 aliphatic rings. The van der Waals surface area contributed by atoms with Crippen LogP contribution in [0.2, 0.25) is 0 Å². The molecule has 0 unspecified atom stereocenters. The van der Waals surface area contributed by atoms with Gasteiger partial charge in [-0.3, -0.25) is 9.59 Å². The average molecular weight is 312 g/mol. The van der Waals surface area contributed by atoms with Gasteiger partial charge in [0.25, 0.3) is 0 Å². The number of hydrogen-bond donors (Lipinski definition) is 3. The maximum Gasteiger partial charge on any atom is 0.225 e. The van der Waals surface area contributed by atoms with E-state index < -0.39 is 0 Å². The summed E-state index contributed by atoms with van der Waals surface area (Å²) in [6.07, 6.45) is 1.37. The van der Waals surface area contributed by atoms with Crippen LogP contribution in [0.1, 0.15) is 25.3 Å². The second-order valence-corrected chi connectivity index (χ2v) is 5.07. The molecule has 1 aliphatic heterocycles. The van der Waals surface area contributed by atoms with Gasteiger partial charge in [0.05, 0.1) is 5.92 Å². The van der Waals surface area contributed by atoms with E-state index in [0.717, 1.165) is 30.8 Å². The summed E-state index contributed by atoms with van der Waals surface area (Å²) in [5.74, 6) is 0.248. The molecular weight excluding hydrogens is 290 g/mol. The summed E-state index contributed by atoms with van der Waals surface area (Å²) in [7, 11) is 0. The van der Waals surface area contributed by atoms with Crippen LogP contribution in [0.4, 0.5) is 5.69 Å². The molecule has 0 aliphatic carbocycles. The molecule has 3 N–H and O–H groups in total. The van der Waals surface area contributed by atoms with E-state index in [4.69, 9.17) is 0 Å². The predicted molar refractivity (Wildman–Crippen MR) is 85.4 cm³/mol. The Kier molecular flexibility index (Phi) is 7.19. The molecule has 6 heteroatoms. The monoisotopic (exact) mass is 311 g/mol. The van der Waals surface area contributed by atoms with E-state index in [2.05, 4.69) is 16.0 Å². The fraction of sp³-hybridized carbons (Fsp3) is 0.467. The number of carbonyl (C=O) groups is 2. The molecule has 0 aromatic heterocycles. The second-order valence-electron chi connectivity index (χ2n) is 5.07. The van der Waals surface area contributed by atoms with E-state index in [1.807, 2.05) is 31.2 Å². The molecule has 1 fully saturated rings. The molecule has 2 amide bonds. The fourth-order valence-corrected chi connectivity index (χ4v) is 1.96. The minimum atomic E-state index is 0. The molecule has 0 spiro atoms. The summed E-state index contributed by atoms with van der Waals surface area (Å²) >= 11 is 0. The van der Waals surface area contributed by atoms with Crippen LogP contribution in [-0.2, 0) is 16.1 Å². The van der Waals surface area contributed by atoms with E-state index in [9.17, 15) is 9.59 Å². The van der Waals surface area contributed by atoms with Gasteiger partial charge < -0.3 is 16.0 Å². The number of anilines is 1. The van der Waals surface area contributed by atoms with Gasteiger partial charge in [-0.05, 0) is 24.1 Å². The molecular formula is C15H22ClN3O2. The van der Waals surface area contributed by atoms with Gasteiger partial charge in [-0.1, -0.05) is 19.1 Å². The van der Waals surface area contributed by atoms with Gasteiger partial charge in [0.2, 0.25) is 11.8 Å². The van der Waals surface area contributed by atoms with Crippen molar-refractivity contribution in [1.82, 2.24) is 10.6 Å². The van der Waals surface area contributed by atoms with Gasteiger partial charge in [-0.2, -0.15) is 0 Å². The zero-order valence-electron chi connectivity index (χ0n) is 12.1. The Labute approximate surface area is 131 Å².